The van der Waals surface area contributed by atoms with Gasteiger partial charge in [0.25, 0.3) is 0 Å². The zero-order valence-corrected chi connectivity index (χ0v) is 13.3. The van der Waals surface area contributed by atoms with E-state index in [4.69, 9.17) is 0 Å². The molecule has 2 rings (SSSR count). The Hall–Kier alpha value is -0.0800. The minimum atomic E-state index is 0.633. The van der Waals surface area contributed by atoms with Crippen LogP contribution in [-0.4, -0.2) is 36.6 Å². The van der Waals surface area contributed by atoms with Crippen LogP contribution >= 0.6 is 0 Å². The van der Waals surface area contributed by atoms with E-state index in [0.717, 1.165) is 17.9 Å². The fraction of sp³-hybridized carbons (Fsp3) is 1.00. The van der Waals surface area contributed by atoms with Crippen molar-refractivity contribution in [2.45, 2.75) is 77.8 Å². The second kappa shape index (κ2) is 7.64. The first-order chi connectivity index (χ1) is 9.20. The predicted molar refractivity (Wildman–Crippen MR) is 83.5 cm³/mol. The van der Waals surface area contributed by atoms with Crippen molar-refractivity contribution in [3.63, 3.8) is 0 Å². The molecule has 0 bridgehead atoms. The molecule has 1 aliphatic carbocycles. The summed E-state index contributed by atoms with van der Waals surface area (Å²) in [7, 11) is 0. The Balaban J connectivity index is 1.85. The molecule has 3 atom stereocenters. The van der Waals surface area contributed by atoms with Gasteiger partial charge >= 0.3 is 0 Å². The molecule has 0 aromatic rings. The van der Waals surface area contributed by atoms with E-state index in [0.29, 0.717) is 6.04 Å². The molecular weight excluding hydrogens is 232 g/mol. The fourth-order valence-electron chi connectivity index (χ4n) is 4.11. The molecule has 1 saturated heterocycles. The number of nitrogens with one attached hydrogen (secondary N) is 1. The molecule has 112 valence electrons. The quantitative estimate of drug-likeness (QED) is 0.817. The van der Waals surface area contributed by atoms with Gasteiger partial charge in [-0.1, -0.05) is 40.0 Å². The zero-order chi connectivity index (χ0) is 13.7. The normalized spacial score (nSPS) is 33.8. The Kier molecular flexibility index (Phi) is 6.15. The molecule has 1 N–H and O–H groups in total. The van der Waals surface area contributed by atoms with E-state index in [-0.39, 0.29) is 0 Å². The number of likely N-dealkylation sites (tertiary alicyclic amines) is 1. The topological polar surface area (TPSA) is 15.3 Å². The third-order valence-corrected chi connectivity index (χ3v) is 5.23. The van der Waals surface area contributed by atoms with E-state index in [1.807, 2.05) is 0 Å². The highest BCUT2D eigenvalue weighted by atomic mass is 15.2. The van der Waals surface area contributed by atoms with Crippen molar-refractivity contribution in [3.8, 4) is 0 Å². The standard InChI is InChI=1S/C17H34N2/c1-4-16-9-5-6-10-17(16)19-11-7-8-15(13-19)12-18-14(2)3/h14-18H,4-13H2,1-3H3. The van der Waals surface area contributed by atoms with Crippen molar-refractivity contribution in [1.82, 2.24) is 10.2 Å². The minimum absolute atomic E-state index is 0.633. The average molecular weight is 266 g/mol. The molecule has 0 aromatic heterocycles. The third-order valence-electron chi connectivity index (χ3n) is 5.23. The van der Waals surface area contributed by atoms with Crippen LogP contribution in [0.15, 0.2) is 0 Å². The monoisotopic (exact) mass is 266 g/mol. The van der Waals surface area contributed by atoms with Crippen molar-refractivity contribution in [2.75, 3.05) is 19.6 Å². The van der Waals surface area contributed by atoms with Crippen LogP contribution in [0.2, 0.25) is 0 Å². The van der Waals surface area contributed by atoms with Crippen molar-refractivity contribution in [1.29, 1.82) is 0 Å². The van der Waals surface area contributed by atoms with Crippen LogP contribution < -0.4 is 5.32 Å². The van der Waals surface area contributed by atoms with Gasteiger partial charge in [-0.25, -0.2) is 0 Å². The first-order valence-corrected chi connectivity index (χ1v) is 8.68. The van der Waals surface area contributed by atoms with Crippen molar-refractivity contribution in [3.05, 3.63) is 0 Å². The van der Waals surface area contributed by atoms with E-state index >= 15 is 0 Å². The van der Waals surface area contributed by atoms with Crippen molar-refractivity contribution in [2.24, 2.45) is 11.8 Å². The van der Waals surface area contributed by atoms with Crippen LogP contribution in [0.5, 0.6) is 0 Å². The average Bonchev–Trinajstić information content (AvgIpc) is 2.45. The molecular formula is C17H34N2. The maximum Gasteiger partial charge on any atom is 0.0123 e. The van der Waals surface area contributed by atoms with Gasteiger partial charge in [-0.2, -0.15) is 0 Å². The van der Waals surface area contributed by atoms with Gasteiger partial charge in [0.15, 0.2) is 0 Å². The summed E-state index contributed by atoms with van der Waals surface area (Å²) >= 11 is 0. The van der Waals surface area contributed by atoms with Crippen LogP contribution in [0.1, 0.15) is 65.7 Å². The highest BCUT2D eigenvalue weighted by molar-refractivity contribution is 4.86. The van der Waals surface area contributed by atoms with Gasteiger partial charge in [-0.05, 0) is 50.6 Å². The van der Waals surface area contributed by atoms with E-state index in [2.05, 4.69) is 31.0 Å². The molecule has 2 aliphatic rings. The van der Waals surface area contributed by atoms with Crippen molar-refractivity contribution < 1.29 is 0 Å². The third kappa shape index (κ3) is 4.46. The molecule has 19 heavy (non-hydrogen) atoms. The number of rotatable bonds is 5. The van der Waals surface area contributed by atoms with Gasteiger partial charge in [0.05, 0.1) is 0 Å². The first-order valence-electron chi connectivity index (χ1n) is 8.68. The summed E-state index contributed by atoms with van der Waals surface area (Å²) in [5.74, 6) is 1.86. The lowest BCUT2D eigenvalue weighted by Gasteiger charge is -2.44. The Morgan fingerprint density at radius 1 is 1.11 bits per heavy atom. The van der Waals surface area contributed by atoms with Gasteiger partial charge in [0, 0.05) is 18.6 Å². The van der Waals surface area contributed by atoms with E-state index in [1.165, 1.54) is 64.6 Å². The van der Waals surface area contributed by atoms with Gasteiger partial charge in [-0.3, -0.25) is 4.90 Å². The van der Waals surface area contributed by atoms with Gasteiger partial charge in [-0.15, -0.1) is 0 Å². The van der Waals surface area contributed by atoms with Crippen molar-refractivity contribution >= 4 is 0 Å². The second-order valence-electron chi connectivity index (χ2n) is 7.09. The number of hydrogen-bond donors (Lipinski definition) is 1. The van der Waals surface area contributed by atoms with Crippen LogP contribution in [0.4, 0.5) is 0 Å². The van der Waals surface area contributed by atoms with Crippen LogP contribution in [0.25, 0.3) is 0 Å². The summed E-state index contributed by atoms with van der Waals surface area (Å²) < 4.78 is 0. The molecule has 0 amide bonds. The highest BCUT2D eigenvalue weighted by Crippen LogP contribution is 2.33. The molecule has 2 nitrogen and oxygen atoms in total. The van der Waals surface area contributed by atoms with Crippen LogP contribution in [0, 0.1) is 11.8 Å². The molecule has 0 aromatic carbocycles. The lowest BCUT2D eigenvalue weighted by molar-refractivity contribution is 0.0595. The smallest absolute Gasteiger partial charge is 0.0123 e. The minimum Gasteiger partial charge on any atom is -0.314 e. The Labute approximate surface area is 120 Å². The van der Waals surface area contributed by atoms with Gasteiger partial charge in [0.2, 0.25) is 0 Å². The summed E-state index contributed by atoms with van der Waals surface area (Å²) in [5, 5.41) is 3.64. The van der Waals surface area contributed by atoms with Gasteiger partial charge in [0.1, 0.15) is 0 Å². The SMILES string of the molecule is CCC1CCCCC1N1CCCC(CNC(C)C)C1. The summed E-state index contributed by atoms with van der Waals surface area (Å²) in [6.07, 6.45) is 10.1. The van der Waals surface area contributed by atoms with Crippen LogP contribution in [0.3, 0.4) is 0 Å². The lowest BCUT2D eigenvalue weighted by Crippen LogP contribution is -2.49. The molecule has 1 heterocycles. The molecule has 1 saturated carbocycles. The largest absolute Gasteiger partial charge is 0.314 e. The summed E-state index contributed by atoms with van der Waals surface area (Å²) in [6.45, 7) is 10.8. The summed E-state index contributed by atoms with van der Waals surface area (Å²) in [4.78, 5) is 2.85. The fourth-order valence-corrected chi connectivity index (χ4v) is 4.11. The van der Waals surface area contributed by atoms with Gasteiger partial charge < -0.3 is 5.32 Å². The summed E-state index contributed by atoms with van der Waals surface area (Å²) in [5.41, 5.74) is 0. The predicted octanol–water partition coefficient (Wildman–Crippen LogP) is 3.67. The zero-order valence-electron chi connectivity index (χ0n) is 13.3. The van der Waals surface area contributed by atoms with E-state index in [9.17, 15) is 0 Å². The second-order valence-corrected chi connectivity index (χ2v) is 7.09. The maximum absolute atomic E-state index is 3.64. The molecule has 2 heteroatoms. The Bertz CT molecular complexity index is 252. The number of piperidine rings is 1. The highest BCUT2D eigenvalue weighted by Gasteiger charge is 2.31. The molecule has 1 aliphatic heterocycles. The Morgan fingerprint density at radius 2 is 1.89 bits per heavy atom. The molecule has 0 spiro atoms. The number of nitrogens with zero attached hydrogens (tertiary/aromatic N) is 1. The molecule has 3 unspecified atom stereocenters. The van der Waals surface area contributed by atoms with Crippen LogP contribution in [-0.2, 0) is 0 Å². The van der Waals surface area contributed by atoms with E-state index in [1.54, 1.807) is 0 Å². The lowest BCUT2D eigenvalue weighted by atomic mass is 9.80. The number of hydrogen-bond acceptors (Lipinski definition) is 2. The maximum atomic E-state index is 3.64. The Morgan fingerprint density at radius 3 is 2.63 bits per heavy atom. The molecule has 2 fully saturated rings. The van der Waals surface area contributed by atoms with E-state index < -0.39 is 0 Å². The first kappa shape index (κ1) is 15.3. The molecule has 0 radical (unpaired) electrons. The summed E-state index contributed by atoms with van der Waals surface area (Å²) in [6, 6.07) is 1.54.